The summed E-state index contributed by atoms with van der Waals surface area (Å²) >= 11 is 3.54. The van der Waals surface area contributed by atoms with E-state index in [0.717, 1.165) is 22.2 Å². The molecular formula is C14H20BrN3OS. The highest BCUT2D eigenvalue weighted by Crippen LogP contribution is 2.29. The van der Waals surface area contributed by atoms with Crippen LogP contribution in [0.1, 0.15) is 44.4 Å². The molecule has 2 atom stereocenters. The van der Waals surface area contributed by atoms with Crippen molar-refractivity contribution in [1.29, 1.82) is 0 Å². The number of nitrogens with two attached hydrogens (primary N) is 1. The van der Waals surface area contributed by atoms with Crippen molar-refractivity contribution in [2.75, 3.05) is 0 Å². The normalized spacial score (nSPS) is 15.5. The summed E-state index contributed by atoms with van der Waals surface area (Å²) in [7, 11) is -1.34. The quantitative estimate of drug-likeness (QED) is 0.912. The monoisotopic (exact) mass is 357 g/mol. The summed E-state index contributed by atoms with van der Waals surface area (Å²) in [6.45, 7) is 8.00. The lowest BCUT2D eigenvalue weighted by Crippen LogP contribution is -2.33. The van der Waals surface area contributed by atoms with Gasteiger partial charge in [0.15, 0.2) is 5.65 Å². The van der Waals surface area contributed by atoms with Gasteiger partial charge in [-0.3, -0.25) is 5.14 Å². The summed E-state index contributed by atoms with van der Waals surface area (Å²) in [6, 6.07) is 2.05. The molecule has 0 aliphatic carbocycles. The first-order valence-corrected chi connectivity index (χ1v) is 8.52. The van der Waals surface area contributed by atoms with Crippen molar-refractivity contribution in [1.82, 2.24) is 9.38 Å². The highest BCUT2D eigenvalue weighted by Gasteiger charge is 2.27. The Labute approximate surface area is 130 Å². The van der Waals surface area contributed by atoms with Crippen LogP contribution in [0, 0.1) is 6.92 Å². The summed E-state index contributed by atoms with van der Waals surface area (Å²) < 4.78 is 14.2. The first-order valence-electron chi connectivity index (χ1n) is 6.52. The Kier molecular flexibility index (Phi) is 4.37. The highest BCUT2D eigenvalue weighted by molar-refractivity contribution is 9.10. The lowest BCUT2D eigenvalue weighted by atomic mass is 9.96. The van der Waals surface area contributed by atoms with Crippen molar-refractivity contribution >= 4 is 32.6 Å². The number of nitrogens with zero attached hydrogens (tertiary/aromatic N) is 2. The second kappa shape index (κ2) is 5.58. The van der Waals surface area contributed by atoms with Gasteiger partial charge < -0.3 is 4.40 Å². The fraction of sp³-hybridized carbons (Fsp3) is 0.500. The van der Waals surface area contributed by atoms with Gasteiger partial charge in [-0.15, -0.1) is 0 Å². The average Bonchev–Trinajstić information content (AvgIpc) is 2.72. The Morgan fingerprint density at radius 3 is 2.75 bits per heavy atom. The summed E-state index contributed by atoms with van der Waals surface area (Å²) in [5, 5.41) is 5.55. The third-order valence-corrected chi connectivity index (χ3v) is 5.35. The Morgan fingerprint density at radius 2 is 2.15 bits per heavy atom. The van der Waals surface area contributed by atoms with Crippen LogP contribution in [0.5, 0.6) is 0 Å². The Morgan fingerprint density at radius 1 is 1.50 bits per heavy atom. The van der Waals surface area contributed by atoms with E-state index in [1.54, 1.807) is 0 Å². The van der Waals surface area contributed by atoms with Crippen LogP contribution in [0.4, 0.5) is 0 Å². The molecule has 0 amide bonds. The van der Waals surface area contributed by atoms with Gasteiger partial charge in [-0.05, 0) is 54.8 Å². The molecule has 2 aromatic rings. The van der Waals surface area contributed by atoms with E-state index in [9.17, 15) is 4.21 Å². The number of rotatable bonds is 4. The highest BCUT2D eigenvalue weighted by atomic mass is 79.9. The maximum Gasteiger partial charge on any atom is 0.151 e. The SMILES string of the molecule is Cc1cc(Br)c2nc([C@H](C)CC(C)(C)S(N)=O)cn2c1. The van der Waals surface area contributed by atoms with E-state index < -0.39 is 15.7 Å². The molecule has 2 rings (SSSR count). The molecule has 0 fully saturated rings. The Bertz CT molecular complexity index is 666. The zero-order valence-electron chi connectivity index (χ0n) is 12.2. The van der Waals surface area contributed by atoms with E-state index >= 15 is 0 Å². The summed E-state index contributed by atoms with van der Waals surface area (Å²) in [4.78, 5) is 4.67. The largest absolute Gasteiger partial charge is 0.306 e. The second-order valence-electron chi connectivity index (χ2n) is 5.92. The minimum atomic E-state index is -1.34. The lowest BCUT2D eigenvalue weighted by Gasteiger charge is -2.24. The molecule has 0 radical (unpaired) electrons. The Hall–Kier alpha value is -0.720. The zero-order chi connectivity index (χ0) is 15.1. The maximum atomic E-state index is 11.6. The fourth-order valence-corrected chi connectivity index (χ4v) is 3.44. The van der Waals surface area contributed by atoms with Gasteiger partial charge in [0.05, 0.1) is 25.9 Å². The summed E-state index contributed by atoms with van der Waals surface area (Å²) in [6.07, 6.45) is 4.82. The molecule has 0 bridgehead atoms. The van der Waals surface area contributed by atoms with Crippen molar-refractivity contribution in [2.24, 2.45) is 5.14 Å². The first kappa shape index (κ1) is 15.7. The number of fused-ring (bicyclic) bond motifs is 1. The number of pyridine rings is 1. The van der Waals surface area contributed by atoms with Gasteiger partial charge in [0.25, 0.3) is 0 Å². The first-order chi connectivity index (χ1) is 9.20. The van der Waals surface area contributed by atoms with Crippen LogP contribution in [-0.2, 0) is 11.0 Å². The van der Waals surface area contributed by atoms with Gasteiger partial charge in [-0.25, -0.2) is 9.19 Å². The molecule has 1 unspecified atom stereocenters. The molecule has 4 nitrogen and oxygen atoms in total. The molecule has 0 aliphatic heterocycles. The molecule has 0 saturated heterocycles. The second-order valence-corrected chi connectivity index (χ2v) is 8.48. The molecule has 0 saturated carbocycles. The van der Waals surface area contributed by atoms with Gasteiger partial charge in [0.1, 0.15) is 0 Å². The molecule has 0 spiro atoms. The van der Waals surface area contributed by atoms with Crippen LogP contribution in [-0.4, -0.2) is 18.3 Å². The minimum Gasteiger partial charge on any atom is -0.306 e. The number of aromatic nitrogens is 2. The van der Waals surface area contributed by atoms with E-state index in [1.807, 2.05) is 31.4 Å². The number of hydrogen-bond acceptors (Lipinski definition) is 2. The number of aryl methyl sites for hydroxylation is 1. The molecule has 20 heavy (non-hydrogen) atoms. The van der Waals surface area contributed by atoms with Crippen LogP contribution in [0.3, 0.4) is 0 Å². The van der Waals surface area contributed by atoms with Crippen LogP contribution < -0.4 is 5.14 Å². The molecule has 0 aromatic carbocycles. The minimum absolute atomic E-state index is 0.199. The molecule has 2 heterocycles. The average molecular weight is 358 g/mol. The van der Waals surface area contributed by atoms with Gasteiger partial charge in [0, 0.05) is 18.3 Å². The number of halogens is 1. The van der Waals surface area contributed by atoms with Crippen molar-refractivity contribution in [3.05, 3.63) is 34.2 Å². The van der Waals surface area contributed by atoms with E-state index in [-0.39, 0.29) is 5.92 Å². The van der Waals surface area contributed by atoms with Crippen molar-refractivity contribution in [3.8, 4) is 0 Å². The van der Waals surface area contributed by atoms with Crippen LogP contribution in [0.2, 0.25) is 0 Å². The molecule has 2 N–H and O–H groups in total. The van der Waals surface area contributed by atoms with Crippen LogP contribution in [0.15, 0.2) is 22.9 Å². The van der Waals surface area contributed by atoms with Gasteiger partial charge in [-0.2, -0.15) is 0 Å². The summed E-state index contributed by atoms with van der Waals surface area (Å²) in [5.74, 6) is 0.199. The summed E-state index contributed by atoms with van der Waals surface area (Å²) in [5.41, 5.74) is 3.07. The molecule has 6 heteroatoms. The van der Waals surface area contributed by atoms with Crippen molar-refractivity contribution < 1.29 is 4.21 Å². The maximum absolute atomic E-state index is 11.6. The fourth-order valence-electron chi connectivity index (χ4n) is 2.37. The zero-order valence-corrected chi connectivity index (χ0v) is 14.6. The predicted octanol–water partition coefficient (Wildman–Crippen LogP) is 3.30. The van der Waals surface area contributed by atoms with Crippen LogP contribution in [0.25, 0.3) is 5.65 Å². The van der Waals surface area contributed by atoms with E-state index in [1.165, 1.54) is 5.56 Å². The number of hydrogen-bond donors (Lipinski definition) is 1. The standard InChI is InChI=1S/C14H20BrN3OS/c1-9-5-11(15)13-17-12(8-18(13)7-9)10(2)6-14(3,4)20(16)19/h5,7-8,10H,6,16H2,1-4H3/t10-,20?/m1/s1. The van der Waals surface area contributed by atoms with E-state index in [0.29, 0.717) is 0 Å². The van der Waals surface area contributed by atoms with Crippen molar-refractivity contribution in [3.63, 3.8) is 0 Å². The van der Waals surface area contributed by atoms with E-state index in [2.05, 4.69) is 40.1 Å². The third-order valence-electron chi connectivity index (χ3n) is 3.51. The van der Waals surface area contributed by atoms with Gasteiger partial charge >= 0.3 is 0 Å². The molecule has 110 valence electrons. The lowest BCUT2D eigenvalue weighted by molar-refractivity contribution is 0.535. The smallest absolute Gasteiger partial charge is 0.151 e. The van der Waals surface area contributed by atoms with E-state index in [4.69, 9.17) is 5.14 Å². The molecule has 2 aromatic heterocycles. The number of imidazole rings is 1. The van der Waals surface area contributed by atoms with Gasteiger partial charge in [-0.1, -0.05) is 6.92 Å². The van der Waals surface area contributed by atoms with Gasteiger partial charge in [0.2, 0.25) is 0 Å². The van der Waals surface area contributed by atoms with Crippen LogP contribution >= 0.6 is 15.9 Å². The molecular weight excluding hydrogens is 338 g/mol. The third kappa shape index (κ3) is 3.13. The molecule has 0 aliphatic rings. The topological polar surface area (TPSA) is 60.4 Å². The van der Waals surface area contributed by atoms with Crippen molar-refractivity contribution in [2.45, 2.75) is 44.8 Å². The Balaban J connectivity index is 2.34. The predicted molar refractivity (Wildman–Crippen MR) is 87.1 cm³/mol.